The SMILES string of the molecule is CC(OC(=O)c1ccc(N)cc1)C(=O)Nc1ccccc1F. The fourth-order valence-corrected chi connectivity index (χ4v) is 1.70. The highest BCUT2D eigenvalue weighted by molar-refractivity contribution is 5.97. The summed E-state index contributed by atoms with van der Waals surface area (Å²) in [6.45, 7) is 1.41. The maximum atomic E-state index is 13.4. The van der Waals surface area contributed by atoms with Gasteiger partial charge in [0.05, 0.1) is 11.3 Å². The number of nitrogen functional groups attached to an aromatic ring is 1. The topological polar surface area (TPSA) is 81.4 Å². The van der Waals surface area contributed by atoms with E-state index in [1.165, 1.54) is 37.3 Å². The number of nitrogens with two attached hydrogens (primary N) is 1. The minimum atomic E-state index is -1.07. The highest BCUT2D eigenvalue weighted by atomic mass is 19.1. The van der Waals surface area contributed by atoms with Crippen molar-refractivity contribution in [3.05, 3.63) is 59.9 Å². The van der Waals surface area contributed by atoms with E-state index < -0.39 is 23.8 Å². The molecule has 0 aromatic heterocycles. The number of hydrogen-bond donors (Lipinski definition) is 2. The molecule has 0 bridgehead atoms. The Hall–Kier alpha value is -2.89. The number of benzene rings is 2. The van der Waals surface area contributed by atoms with Crippen molar-refractivity contribution in [1.29, 1.82) is 0 Å². The standard InChI is InChI=1S/C16H15FN2O3/c1-10(15(20)19-14-5-3-2-4-13(14)17)22-16(21)11-6-8-12(18)9-7-11/h2-10H,18H2,1H3,(H,19,20). The molecule has 0 aliphatic heterocycles. The van der Waals surface area contributed by atoms with Crippen molar-refractivity contribution in [2.75, 3.05) is 11.1 Å². The summed E-state index contributed by atoms with van der Waals surface area (Å²) < 4.78 is 18.5. The molecule has 0 saturated heterocycles. The van der Waals surface area contributed by atoms with E-state index in [2.05, 4.69) is 5.32 Å². The van der Waals surface area contributed by atoms with Crippen molar-refractivity contribution < 1.29 is 18.7 Å². The van der Waals surface area contributed by atoms with Gasteiger partial charge in [0.2, 0.25) is 0 Å². The number of rotatable bonds is 4. The summed E-state index contributed by atoms with van der Waals surface area (Å²) in [4.78, 5) is 23.8. The Morgan fingerprint density at radius 3 is 2.41 bits per heavy atom. The number of anilines is 2. The number of para-hydroxylation sites is 1. The number of carbonyl (C=O) groups is 2. The van der Waals surface area contributed by atoms with Gasteiger partial charge in [0, 0.05) is 5.69 Å². The molecule has 1 unspecified atom stereocenters. The number of ether oxygens (including phenoxy) is 1. The zero-order chi connectivity index (χ0) is 16.1. The summed E-state index contributed by atoms with van der Waals surface area (Å²) in [6, 6.07) is 11.8. The fraction of sp³-hybridized carbons (Fsp3) is 0.125. The monoisotopic (exact) mass is 302 g/mol. The lowest BCUT2D eigenvalue weighted by Gasteiger charge is -2.14. The molecule has 5 nitrogen and oxygen atoms in total. The molecular formula is C16H15FN2O3. The largest absolute Gasteiger partial charge is 0.449 e. The second kappa shape index (κ2) is 6.71. The van der Waals surface area contributed by atoms with E-state index in [1.54, 1.807) is 18.2 Å². The predicted octanol–water partition coefficient (Wildman–Crippen LogP) is 2.59. The van der Waals surface area contributed by atoms with Crippen LogP contribution >= 0.6 is 0 Å². The molecule has 22 heavy (non-hydrogen) atoms. The zero-order valence-electron chi connectivity index (χ0n) is 11.9. The molecule has 0 heterocycles. The van der Waals surface area contributed by atoms with Crippen LogP contribution in [0.4, 0.5) is 15.8 Å². The van der Waals surface area contributed by atoms with Crippen molar-refractivity contribution in [2.45, 2.75) is 13.0 Å². The smallest absolute Gasteiger partial charge is 0.338 e. The number of carbonyl (C=O) groups excluding carboxylic acids is 2. The van der Waals surface area contributed by atoms with Crippen LogP contribution in [0.25, 0.3) is 0 Å². The highest BCUT2D eigenvalue weighted by Crippen LogP contribution is 2.14. The summed E-state index contributed by atoms with van der Waals surface area (Å²) in [5.74, 6) is -1.84. The minimum Gasteiger partial charge on any atom is -0.449 e. The summed E-state index contributed by atoms with van der Waals surface area (Å²) in [5.41, 5.74) is 6.35. The Morgan fingerprint density at radius 2 is 1.77 bits per heavy atom. The molecule has 1 amide bonds. The molecule has 0 radical (unpaired) electrons. The van der Waals surface area contributed by atoms with Gasteiger partial charge in [-0.15, -0.1) is 0 Å². The Kier molecular flexibility index (Phi) is 4.73. The maximum absolute atomic E-state index is 13.4. The minimum absolute atomic E-state index is 0.0304. The average Bonchev–Trinajstić information content (AvgIpc) is 2.50. The Morgan fingerprint density at radius 1 is 1.14 bits per heavy atom. The first-order chi connectivity index (χ1) is 10.5. The lowest BCUT2D eigenvalue weighted by molar-refractivity contribution is -0.123. The Balaban J connectivity index is 1.98. The lowest BCUT2D eigenvalue weighted by Crippen LogP contribution is -2.30. The van der Waals surface area contributed by atoms with Gasteiger partial charge in [-0.25, -0.2) is 9.18 Å². The summed E-state index contributed by atoms with van der Waals surface area (Å²) >= 11 is 0. The third-order valence-electron chi connectivity index (χ3n) is 2.93. The van der Waals surface area contributed by atoms with Crippen LogP contribution in [0.2, 0.25) is 0 Å². The first-order valence-corrected chi connectivity index (χ1v) is 6.59. The number of nitrogens with one attached hydrogen (secondary N) is 1. The third-order valence-corrected chi connectivity index (χ3v) is 2.93. The van der Waals surface area contributed by atoms with Crippen molar-refractivity contribution in [3.8, 4) is 0 Å². The third kappa shape index (κ3) is 3.82. The molecular weight excluding hydrogens is 287 g/mol. The molecule has 0 spiro atoms. The summed E-state index contributed by atoms with van der Waals surface area (Å²) in [5, 5.41) is 2.36. The number of halogens is 1. The van der Waals surface area contributed by atoms with Gasteiger partial charge in [0.25, 0.3) is 5.91 Å². The first-order valence-electron chi connectivity index (χ1n) is 6.59. The van der Waals surface area contributed by atoms with Crippen LogP contribution in [-0.2, 0) is 9.53 Å². The van der Waals surface area contributed by atoms with Crippen LogP contribution in [0.15, 0.2) is 48.5 Å². The van der Waals surface area contributed by atoms with Crippen LogP contribution < -0.4 is 11.1 Å². The van der Waals surface area contributed by atoms with E-state index in [0.29, 0.717) is 5.69 Å². The Labute approximate surface area is 126 Å². The summed E-state index contributed by atoms with van der Waals surface area (Å²) in [7, 11) is 0. The van der Waals surface area contributed by atoms with Gasteiger partial charge in [-0.1, -0.05) is 12.1 Å². The van der Waals surface area contributed by atoms with Gasteiger partial charge in [0.15, 0.2) is 6.10 Å². The number of esters is 1. The first kappa shape index (κ1) is 15.5. The van der Waals surface area contributed by atoms with Crippen molar-refractivity contribution in [3.63, 3.8) is 0 Å². The molecule has 2 rings (SSSR count). The van der Waals surface area contributed by atoms with E-state index >= 15 is 0 Å². The van der Waals surface area contributed by atoms with Crippen molar-refractivity contribution >= 4 is 23.3 Å². The fourth-order valence-electron chi connectivity index (χ4n) is 1.70. The van der Waals surface area contributed by atoms with Gasteiger partial charge in [-0.2, -0.15) is 0 Å². The van der Waals surface area contributed by atoms with E-state index in [4.69, 9.17) is 10.5 Å². The second-order valence-electron chi connectivity index (χ2n) is 4.64. The van der Waals surface area contributed by atoms with Gasteiger partial charge in [0.1, 0.15) is 5.82 Å². The number of amides is 1. The van der Waals surface area contributed by atoms with E-state index in [9.17, 15) is 14.0 Å². The van der Waals surface area contributed by atoms with Gasteiger partial charge >= 0.3 is 5.97 Å². The molecule has 0 aliphatic rings. The van der Waals surface area contributed by atoms with E-state index in [1.807, 2.05) is 0 Å². The Bertz CT molecular complexity index is 686. The molecule has 3 N–H and O–H groups in total. The molecule has 114 valence electrons. The normalized spacial score (nSPS) is 11.5. The van der Waals surface area contributed by atoms with Crippen LogP contribution in [-0.4, -0.2) is 18.0 Å². The van der Waals surface area contributed by atoms with Crippen molar-refractivity contribution in [1.82, 2.24) is 0 Å². The molecule has 1 atom stereocenters. The molecule has 6 heteroatoms. The van der Waals surface area contributed by atoms with E-state index in [0.717, 1.165) is 0 Å². The van der Waals surface area contributed by atoms with E-state index in [-0.39, 0.29) is 11.3 Å². The quantitative estimate of drug-likeness (QED) is 0.672. The zero-order valence-corrected chi connectivity index (χ0v) is 11.9. The highest BCUT2D eigenvalue weighted by Gasteiger charge is 2.19. The van der Waals surface area contributed by atoms with Gasteiger partial charge in [-0.05, 0) is 43.3 Å². The molecule has 0 aliphatic carbocycles. The predicted molar refractivity (Wildman–Crippen MR) is 80.8 cm³/mol. The lowest BCUT2D eigenvalue weighted by atomic mass is 10.2. The van der Waals surface area contributed by atoms with Crippen LogP contribution in [0, 0.1) is 5.82 Å². The molecule has 0 fully saturated rings. The molecule has 2 aromatic rings. The maximum Gasteiger partial charge on any atom is 0.338 e. The van der Waals surface area contributed by atoms with Gasteiger partial charge in [-0.3, -0.25) is 4.79 Å². The molecule has 2 aromatic carbocycles. The van der Waals surface area contributed by atoms with Crippen molar-refractivity contribution in [2.24, 2.45) is 0 Å². The van der Waals surface area contributed by atoms with Crippen LogP contribution in [0.3, 0.4) is 0 Å². The van der Waals surface area contributed by atoms with Gasteiger partial charge < -0.3 is 15.8 Å². The summed E-state index contributed by atoms with van der Waals surface area (Å²) in [6.07, 6.45) is -1.07. The number of hydrogen-bond acceptors (Lipinski definition) is 4. The van der Waals surface area contributed by atoms with Crippen LogP contribution in [0.1, 0.15) is 17.3 Å². The average molecular weight is 302 g/mol. The second-order valence-corrected chi connectivity index (χ2v) is 4.64. The van der Waals surface area contributed by atoms with Crippen LogP contribution in [0.5, 0.6) is 0 Å². The molecule has 0 saturated carbocycles.